The average Bonchev–Trinajstić information content (AvgIpc) is 2.61. The molecule has 72 valence electrons. The van der Waals surface area contributed by atoms with Crippen molar-refractivity contribution in [3.8, 4) is 11.1 Å². The Labute approximate surface area is 83.2 Å². The highest BCUT2D eigenvalue weighted by Gasteiger charge is 2.02. The van der Waals surface area contributed by atoms with Crippen LogP contribution in [0.2, 0.25) is 0 Å². The minimum Gasteiger partial charge on any atom is -0.353 e. The molecule has 0 saturated heterocycles. The SMILES string of the molecule is Cn1cc(-c2ccncc2)cc1CN. The zero-order valence-electron chi connectivity index (χ0n) is 8.14. The van der Waals surface area contributed by atoms with Crippen LogP contribution in [0, 0.1) is 0 Å². The molecule has 0 aliphatic rings. The third kappa shape index (κ3) is 1.54. The first kappa shape index (κ1) is 8.97. The van der Waals surface area contributed by atoms with E-state index in [1.165, 1.54) is 11.1 Å². The summed E-state index contributed by atoms with van der Waals surface area (Å²) in [4.78, 5) is 3.99. The van der Waals surface area contributed by atoms with Crippen LogP contribution in [0.3, 0.4) is 0 Å². The van der Waals surface area contributed by atoms with Gasteiger partial charge in [-0.1, -0.05) is 0 Å². The lowest BCUT2D eigenvalue weighted by Gasteiger charge is -1.95. The molecular formula is C11H13N3. The lowest BCUT2D eigenvalue weighted by Crippen LogP contribution is -2.01. The van der Waals surface area contributed by atoms with Gasteiger partial charge < -0.3 is 10.3 Å². The number of aromatic nitrogens is 2. The Morgan fingerprint density at radius 1 is 1.29 bits per heavy atom. The maximum absolute atomic E-state index is 5.61. The zero-order valence-corrected chi connectivity index (χ0v) is 8.14. The second kappa shape index (κ2) is 3.64. The molecular weight excluding hydrogens is 174 g/mol. The van der Waals surface area contributed by atoms with Crippen LogP contribution in [-0.4, -0.2) is 9.55 Å². The summed E-state index contributed by atoms with van der Waals surface area (Å²) in [5, 5.41) is 0. The van der Waals surface area contributed by atoms with Gasteiger partial charge in [0.05, 0.1) is 0 Å². The van der Waals surface area contributed by atoms with Crippen molar-refractivity contribution in [3.63, 3.8) is 0 Å². The van der Waals surface area contributed by atoms with Gasteiger partial charge in [0.1, 0.15) is 0 Å². The predicted molar refractivity (Wildman–Crippen MR) is 56.5 cm³/mol. The number of nitrogens with zero attached hydrogens (tertiary/aromatic N) is 2. The van der Waals surface area contributed by atoms with Gasteiger partial charge >= 0.3 is 0 Å². The van der Waals surface area contributed by atoms with Crippen molar-refractivity contribution in [2.75, 3.05) is 0 Å². The van der Waals surface area contributed by atoms with E-state index in [1.807, 2.05) is 19.2 Å². The summed E-state index contributed by atoms with van der Waals surface area (Å²) in [6, 6.07) is 6.10. The fourth-order valence-electron chi connectivity index (χ4n) is 1.52. The van der Waals surface area contributed by atoms with Crippen molar-refractivity contribution >= 4 is 0 Å². The van der Waals surface area contributed by atoms with Gasteiger partial charge in [0.2, 0.25) is 0 Å². The van der Waals surface area contributed by atoms with Crippen LogP contribution in [0.15, 0.2) is 36.8 Å². The Kier molecular flexibility index (Phi) is 2.33. The van der Waals surface area contributed by atoms with Gasteiger partial charge in [-0.2, -0.15) is 0 Å². The summed E-state index contributed by atoms with van der Waals surface area (Å²) in [5.74, 6) is 0. The molecule has 3 nitrogen and oxygen atoms in total. The normalized spacial score (nSPS) is 10.4. The Morgan fingerprint density at radius 2 is 2.00 bits per heavy atom. The summed E-state index contributed by atoms with van der Waals surface area (Å²) in [6.07, 6.45) is 5.67. The predicted octanol–water partition coefficient (Wildman–Crippen LogP) is 1.55. The monoisotopic (exact) mass is 187 g/mol. The molecule has 2 heterocycles. The summed E-state index contributed by atoms with van der Waals surface area (Å²) < 4.78 is 2.05. The number of hydrogen-bond donors (Lipinski definition) is 1. The molecule has 0 unspecified atom stereocenters. The van der Waals surface area contributed by atoms with Crippen molar-refractivity contribution in [3.05, 3.63) is 42.5 Å². The van der Waals surface area contributed by atoms with Crippen LogP contribution in [0.1, 0.15) is 5.69 Å². The molecule has 0 amide bonds. The summed E-state index contributed by atoms with van der Waals surface area (Å²) in [6.45, 7) is 0.571. The molecule has 14 heavy (non-hydrogen) atoms. The molecule has 0 atom stereocenters. The van der Waals surface area contributed by atoms with E-state index in [4.69, 9.17) is 5.73 Å². The van der Waals surface area contributed by atoms with Gasteiger partial charge in [-0.05, 0) is 29.3 Å². The molecule has 0 aliphatic carbocycles. The topological polar surface area (TPSA) is 43.8 Å². The third-order valence-corrected chi connectivity index (χ3v) is 2.33. The van der Waals surface area contributed by atoms with Crippen LogP contribution in [0.4, 0.5) is 0 Å². The van der Waals surface area contributed by atoms with Crippen molar-refractivity contribution in [2.45, 2.75) is 6.54 Å². The molecule has 3 heteroatoms. The average molecular weight is 187 g/mol. The van der Waals surface area contributed by atoms with Gasteiger partial charge in [-0.3, -0.25) is 4.98 Å². The standard InChI is InChI=1S/C11H13N3/c1-14-8-10(6-11(14)7-12)9-2-4-13-5-3-9/h2-6,8H,7,12H2,1H3. The Balaban J connectivity index is 2.43. The van der Waals surface area contributed by atoms with Crippen LogP contribution in [-0.2, 0) is 13.6 Å². The first-order valence-electron chi connectivity index (χ1n) is 4.57. The maximum Gasteiger partial charge on any atom is 0.0334 e. The van der Waals surface area contributed by atoms with Crippen molar-refractivity contribution in [1.29, 1.82) is 0 Å². The quantitative estimate of drug-likeness (QED) is 0.775. The molecule has 0 spiro atoms. The highest BCUT2D eigenvalue weighted by Crippen LogP contribution is 2.20. The van der Waals surface area contributed by atoms with E-state index in [0.717, 1.165) is 5.69 Å². The van der Waals surface area contributed by atoms with Gasteiger partial charge in [0.15, 0.2) is 0 Å². The second-order valence-corrected chi connectivity index (χ2v) is 3.27. The lowest BCUT2D eigenvalue weighted by atomic mass is 10.1. The van der Waals surface area contributed by atoms with Gasteiger partial charge in [0.25, 0.3) is 0 Å². The summed E-state index contributed by atoms with van der Waals surface area (Å²) in [5.41, 5.74) is 9.11. The smallest absolute Gasteiger partial charge is 0.0334 e. The Bertz CT molecular complexity index is 417. The first-order chi connectivity index (χ1) is 6.81. The zero-order chi connectivity index (χ0) is 9.97. The van der Waals surface area contributed by atoms with Crippen molar-refractivity contribution < 1.29 is 0 Å². The molecule has 0 aliphatic heterocycles. The number of aryl methyl sites for hydroxylation is 1. The molecule has 0 saturated carbocycles. The van der Waals surface area contributed by atoms with Crippen molar-refractivity contribution in [2.24, 2.45) is 12.8 Å². The summed E-state index contributed by atoms with van der Waals surface area (Å²) in [7, 11) is 2.01. The van der Waals surface area contributed by atoms with Crippen molar-refractivity contribution in [1.82, 2.24) is 9.55 Å². The van der Waals surface area contributed by atoms with E-state index in [2.05, 4.69) is 21.8 Å². The largest absolute Gasteiger partial charge is 0.353 e. The second-order valence-electron chi connectivity index (χ2n) is 3.27. The molecule has 2 aromatic rings. The van der Waals surface area contributed by atoms with E-state index in [-0.39, 0.29) is 0 Å². The Morgan fingerprint density at radius 3 is 2.57 bits per heavy atom. The minimum atomic E-state index is 0.571. The molecule has 2 N–H and O–H groups in total. The molecule has 0 radical (unpaired) electrons. The highest BCUT2D eigenvalue weighted by molar-refractivity contribution is 5.62. The number of hydrogen-bond acceptors (Lipinski definition) is 2. The summed E-state index contributed by atoms with van der Waals surface area (Å²) >= 11 is 0. The molecule has 0 aromatic carbocycles. The fourth-order valence-corrected chi connectivity index (χ4v) is 1.52. The highest BCUT2D eigenvalue weighted by atomic mass is 14.9. The van der Waals surface area contributed by atoms with Gasteiger partial charge in [0, 0.05) is 37.9 Å². The fraction of sp³-hybridized carbons (Fsp3) is 0.182. The minimum absolute atomic E-state index is 0.571. The van der Waals surface area contributed by atoms with E-state index >= 15 is 0 Å². The van der Waals surface area contributed by atoms with Crippen LogP contribution >= 0.6 is 0 Å². The molecule has 0 fully saturated rings. The maximum atomic E-state index is 5.61. The molecule has 2 rings (SSSR count). The van der Waals surface area contributed by atoms with Crippen LogP contribution < -0.4 is 5.73 Å². The Hall–Kier alpha value is -1.61. The van der Waals surface area contributed by atoms with E-state index in [9.17, 15) is 0 Å². The van der Waals surface area contributed by atoms with Crippen LogP contribution in [0.5, 0.6) is 0 Å². The molecule has 2 aromatic heterocycles. The number of nitrogens with two attached hydrogens (primary N) is 1. The van der Waals surface area contributed by atoms with Gasteiger partial charge in [-0.15, -0.1) is 0 Å². The van der Waals surface area contributed by atoms with E-state index < -0.39 is 0 Å². The van der Waals surface area contributed by atoms with Crippen LogP contribution in [0.25, 0.3) is 11.1 Å². The first-order valence-corrected chi connectivity index (χ1v) is 4.57. The van der Waals surface area contributed by atoms with Gasteiger partial charge in [-0.25, -0.2) is 0 Å². The van der Waals surface area contributed by atoms with E-state index in [1.54, 1.807) is 12.4 Å². The molecule has 0 bridgehead atoms. The third-order valence-electron chi connectivity index (χ3n) is 2.33. The van der Waals surface area contributed by atoms with E-state index in [0.29, 0.717) is 6.54 Å². The number of pyridine rings is 1. The lowest BCUT2D eigenvalue weighted by molar-refractivity contribution is 0.824. The number of rotatable bonds is 2.